The van der Waals surface area contributed by atoms with Gasteiger partial charge in [0.1, 0.15) is 0 Å². The molecule has 0 aromatic rings. The van der Waals surface area contributed by atoms with Crippen LogP contribution in [0, 0.1) is 0 Å². The lowest BCUT2D eigenvalue weighted by Gasteiger charge is -2.26. The van der Waals surface area contributed by atoms with E-state index in [-0.39, 0.29) is 11.5 Å². The molecule has 0 rings (SSSR count). The number of nitrogens with zero attached hydrogens (tertiary/aromatic N) is 1. The SMILES string of the molecule is COCC(O)CN(C)C(=O)C(F)(F)C(F)(F)F. The van der Waals surface area contributed by atoms with E-state index in [0.717, 1.165) is 7.05 Å². The minimum Gasteiger partial charge on any atom is -0.389 e. The molecule has 0 spiro atoms. The number of carbonyl (C=O) groups excluding carboxylic acids is 1. The summed E-state index contributed by atoms with van der Waals surface area (Å²) in [6.45, 7) is -0.965. The summed E-state index contributed by atoms with van der Waals surface area (Å²) in [4.78, 5) is 11.0. The summed E-state index contributed by atoms with van der Waals surface area (Å²) in [5, 5.41) is 9.09. The van der Waals surface area contributed by atoms with Crippen molar-refractivity contribution in [3.05, 3.63) is 0 Å². The van der Waals surface area contributed by atoms with Crippen molar-refractivity contribution >= 4 is 5.91 Å². The second-order valence-corrected chi connectivity index (χ2v) is 3.37. The van der Waals surface area contributed by atoms with E-state index in [0.29, 0.717) is 0 Å². The Morgan fingerprint density at radius 3 is 2.18 bits per heavy atom. The van der Waals surface area contributed by atoms with E-state index >= 15 is 0 Å². The first-order valence-electron chi connectivity index (χ1n) is 4.41. The Morgan fingerprint density at radius 1 is 1.35 bits per heavy atom. The lowest BCUT2D eigenvalue weighted by molar-refractivity contribution is -0.274. The maximum Gasteiger partial charge on any atom is 0.463 e. The van der Waals surface area contributed by atoms with Gasteiger partial charge in [0, 0.05) is 20.7 Å². The van der Waals surface area contributed by atoms with Crippen LogP contribution >= 0.6 is 0 Å². The van der Waals surface area contributed by atoms with Crippen molar-refractivity contribution in [3.63, 3.8) is 0 Å². The summed E-state index contributed by atoms with van der Waals surface area (Å²) in [5.41, 5.74) is 0. The van der Waals surface area contributed by atoms with Gasteiger partial charge >= 0.3 is 18.0 Å². The van der Waals surface area contributed by atoms with E-state index in [1.807, 2.05) is 0 Å². The second-order valence-electron chi connectivity index (χ2n) is 3.37. The van der Waals surface area contributed by atoms with Gasteiger partial charge in [-0.3, -0.25) is 4.79 Å². The second kappa shape index (κ2) is 5.58. The quantitative estimate of drug-likeness (QED) is 0.742. The maximum atomic E-state index is 12.6. The predicted molar refractivity (Wildman–Crippen MR) is 46.5 cm³/mol. The van der Waals surface area contributed by atoms with Crippen LogP contribution < -0.4 is 0 Å². The van der Waals surface area contributed by atoms with Crippen LogP contribution in [0.4, 0.5) is 22.0 Å². The Balaban J connectivity index is 4.60. The molecule has 0 aromatic carbocycles. The molecule has 0 heterocycles. The number of carbonyl (C=O) groups is 1. The Kier molecular flexibility index (Phi) is 5.27. The normalized spacial score (nSPS) is 14.6. The number of methoxy groups -OCH3 is 1. The Morgan fingerprint density at radius 2 is 1.82 bits per heavy atom. The van der Waals surface area contributed by atoms with Crippen molar-refractivity contribution in [2.45, 2.75) is 18.2 Å². The van der Waals surface area contributed by atoms with Crippen molar-refractivity contribution in [1.29, 1.82) is 0 Å². The summed E-state index contributed by atoms with van der Waals surface area (Å²) in [5.74, 6) is -7.88. The van der Waals surface area contributed by atoms with Crippen molar-refractivity contribution in [1.82, 2.24) is 4.90 Å². The molecule has 102 valence electrons. The number of halogens is 5. The average Bonchev–Trinajstić information content (AvgIpc) is 2.14. The fourth-order valence-corrected chi connectivity index (χ4v) is 1.01. The lowest BCUT2D eigenvalue weighted by Crippen LogP contribution is -2.52. The number of aliphatic hydroxyl groups excluding tert-OH is 1. The molecule has 0 aliphatic rings. The van der Waals surface area contributed by atoms with Gasteiger partial charge in [0.25, 0.3) is 0 Å². The van der Waals surface area contributed by atoms with Crippen LogP contribution in [-0.4, -0.2) is 61.4 Å². The van der Waals surface area contributed by atoms with Gasteiger partial charge in [-0.2, -0.15) is 22.0 Å². The molecule has 0 fully saturated rings. The van der Waals surface area contributed by atoms with E-state index < -0.39 is 30.7 Å². The summed E-state index contributed by atoms with van der Waals surface area (Å²) in [6.07, 6.45) is -7.29. The van der Waals surface area contributed by atoms with Gasteiger partial charge in [0.15, 0.2) is 0 Å². The van der Waals surface area contributed by atoms with Crippen molar-refractivity contribution in [2.24, 2.45) is 0 Å². The van der Waals surface area contributed by atoms with Crippen LogP contribution in [0.3, 0.4) is 0 Å². The van der Waals surface area contributed by atoms with Crippen LogP contribution in [-0.2, 0) is 9.53 Å². The predicted octanol–water partition coefficient (Wildman–Crippen LogP) is 0.650. The van der Waals surface area contributed by atoms with Gasteiger partial charge in [-0.1, -0.05) is 0 Å². The molecular weight excluding hydrogens is 253 g/mol. The molecule has 0 aromatic heterocycles. The molecule has 0 radical (unpaired) electrons. The summed E-state index contributed by atoms with van der Waals surface area (Å²) >= 11 is 0. The minimum absolute atomic E-state index is 0.108. The largest absolute Gasteiger partial charge is 0.463 e. The topological polar surface area (TPSA) is 49.8 Å². The minimum atomic E-state index is -5.95. The van der Waals surface area contributed by atoms with Gasteiger partial charge in [-0.05, 0) is 0 Å². The molecule has 4 nitrogen and oxygen atoms in total. The molecule has 1 atom stereocenters. The van der Waals surface area contributed by atoms with Gasteiger partial charge in [-0.25, -0.2) is 0 Å². The van der Waals surface area contributed by atoms with Crippen LogP contribution in [0.2, 0.25) is 0 Å². The molecule has 0 bridgehead atoms. The van der Waals surface area contributed by atoms with Crippen molar-refractivity contribution in [2.75, 3.05) is 27.3 Å². The molecule has 9 heteroatoms. The van der Waals surface area contributed by atoms with E-state index in [2.05, 4.69) is 4.74 Å². The molecule has 0 saturated heterocycles. The summed E-state index contributed by atoms with van der Waals surface area (Å²) in [7, 11) is 1.94. The van der Waals surface area contributed by atoms with E-state index in [1.54, 1.807) is 0 Å². The van der Waals surface area contributed by atoms with Gasteiger partial charge in [0.2, 0.25) is 0 Å². The van der Waals surface area contributed by atoms with Gasteiger partial charge in [-0.15, -0.1) is 0 Å². The monoisotopic (exact) mass is 265 g/mol. The number of rotatable bonds is 5. The highest BCUT2D eigenvalue weighted by Crippen LogP contribution is 2.36. The van der Waals surface area contributed by atoms with Crippen LogP contribution in [0.1, 0.15) is 0 Å². The Bertz CT molecular complexity index is 268. The number of likely N-dealkylation sites (N-methyl/N-ethyl adjacent to an activating group) is 1. The molecule has 0 saturated carbocycles. The number of ether oxygens (including phenoxy) is 1. The summed E-state index contributed by atoms with van der Waals surface area (Å²) in [6, 6.07) is 0. The molecule has 17 heavy (non-hydrogen) atoms. The first-order chi connectivity index (χ1) is 7.54. The Hall–Kier alpha value is -0.960. The maximum absolute atomic E-state index is 12.6. The molecule has 1 amide bonds. The average molecular weight is 265 g/mol. The zero-order valence-electron chi connectivity index (χ0n) is 9.09. The molecule has 1 unspecified atom stereocenters. The first-order valence-corrected chi connectivity index (χ1v) is 4.41. The van der Waals surface area contributed by atoms with Crippen LogP contribution in [0.15, 0.2) is 0 Å². The first kappa shape index (κ1) is 16.0. The van der Waals surface area contributed by atoms with Crippen LogP contribution in [0.5, 0.6) is 0 Å². The smallest absolute Gasteiger partial charge is 0.389 e. The van der Waals surface area contributed by atoms with Crippen molar-refractivity contribution in [3.8, 4) is 0 Å². The van der Waals surface area contributed by atoms with Gasteiger partial charge in [0.05, 0.1) is 12.7 Å². The van der Waals surface area contributed by atoms with E-state index in [4.69, 9.17) is 5.11 Å². The fraction of sp³-hybridized carbons (Fsp3) is 0.875. The number of aliphatic hydroxyl groups is 1. The summed E-state index contributed by atoms with van der Waals surface area (Å²) < 4.78 is 65.1. The standard InChI is InChI=1S/C8H12F5NO3/c1-14(3-5(15)4-17-2)6(16)7(9,10)8(11,12)13/h5,15H,3-4H2,1-2H3. The molecule has 1 N–H and O–H groups in total. The third-order valence-electron chi connectivity index (χ3n) is 1.81. The molecular formula is C8H12F5NO3. The third-order valence-corrected chi connectivity index (χ3v) is 1.81. The van der Waals surface area contributed by atoms with Gasteiger partial charge < -0.3 is 14.7 Å². The zero-order valence-corrected chi connectivity index (χ0v) is 9.09. The zero-order chi connectivity index (χ0) is 13.9. The Labute approximate surface area is 94.0 Å². The van der Waals surface area contributed by atoms with E-state index in [1.165, 1.54) is 7.11 Å². The third kappa shape index (κ3) is 4.08. The molecule has 0 aliphatic heterocycles. The number of amides is 1. The number of alkyl halides is 5. The fourth-order valence-electron chi connectivity index (χ4n) is 1.01. The highest BCUT2D eigenvalue weighted by molar-refractivity contribution is 5.84. The number of hydrogen-bond acceptors (Lipinski definition) is 3. The highest BCUT2D eigenvalue weighted by Gasteiger charge is 2.64. The van der Waals surface area contributed by atoms with E-state index in [9.17, 15) is 26.7 Å². The highest BCUT2D eigenvalue weighted by atomic mass is 19.4. The lowest BCUT2D eigenvalue weighted by atomic mass is 10.2. The number of hydrogen-bond donors (Lipinski definition) is 1. The van der Waals surface area contributed by atoms with Crippen LogP contribution in [0.25, 0.3) is 0 Å². The van der Waals surface area contributed by atoms with Crippen molar-refractivity contribution < 1.29 is 36.6 Å². The molecule has 0 aliphatic carbocycles.